The van der Waals surface area contributed by atoms with Crippen molar-refractivity contribution in [3.8, 4) is 155 Å². The van der Waals surface area contributed by atoms with Crippen LogP contribution in [0.4, 0.5) is 0 Å². The van der Waals surface area contributed by atoms with E-state index in [4.69, 9.17) is 47.4 Å². The summed E-state index contributed by atoms with van der Waals surface area (Å²) in [6.45, 7) is -1.36. The number of Topliss-reactive ketones (excluding diaryl/α,β-unsaturated/α-hetero) is 1. The van der Waals surface area contributed by atoms with Crippen LogP contribution < -0.4 is 4.74 Å². The summed E-state index contributed by atoms with van der Waals surface area (Å²) in [5.74, 6) is -48.1. The van der Waals surface area contributed by atoms with Gasteiger partial charge in [0, 0.05) is 29.2 Å². The van der Waals surface area contributed by atoms with Crippen LogP contribution >= 0.6 is 0 Å². The van der Waals surface area contributed by atoms with Gasteiger partial charge in [0.1, 0.15) is 24.4 Å². The van der Waals surface area contributed by atoms with Gasteiger partial charge < -0.3 is 175 Å². The molecule has 2 fully saturated rings. The molecule has 8 aromatic rings. The van der Waals surface area contributed by atoms with Crippen molar-refractivity contribution in [1.29, 1.82) is 0 Å². The van der Waals surface area contributed by atoms with Gasteiger partial charge >= 0.3 is 41.8 Å². The largest absolute Gasteiger partial charge is 0.504 e. The predicted molar refractivity (Wildman–Crippen MR) is 345 cm³/mol. The summed E-state index contributed by atoms with van der Waals surface area (Å²) >= 11 is 0. The molecular formula is C68H52O43. The lowest BCUT2D eigenvalue weighted by molar-refractivity contribution is -0.284. The molecule has 2 saturated heterocycles. The number of carbonyl (C=O) groups excluding carboxylic acids is 8. The summed E-state index contributed by atoms with van der Waals surface area (Å²) in [6, 6.07) is 5.65. The SMILES string of the molecule is O=C(OCC1OC(O)C(OC(=O)c2cc(O)c(O)c(O)c2Oc2cc3c(c(O)c2O)-c2c(cc(O)c(O)c2O)C(=O)OC2C(CC3=O)OC(O)C(OC(=O)c3cc(O)c(O)c(O)c3)C2OC(=O)c2cc(O)c(O)c(O)c2)C(OC(=O)c2cc(O)c(O)c(O)c2)C1OC(=O)c1cc(O)c(O)c(O)c1)c1cc(O)c(O)c(O)c1. The molecule has 3 heterocycles. The van der Waals surface area contributed by atoms with E-state index in [1.54, 1.807) is 0 Å². The van der Waals surface area contributed by atoms with Crippen LogP contribution in [0.1, 0.15) is 89.3 Å². The monoisotopic (exact) mass is 1560 g/mol. The highest BCUT2D eigenvalue weighted by molar-refractivity contribution is 6.11. The van der Waals surface area contributed by atoms with Crippen molar-refractivity contribution in [2.24, 2.45) is 0 Å². The standard InChI is InChI=1S/C68H52O43/c69-24-14-38-54(56(108-62(95)18-5-29(74)44(84)30(75)6-18)58(67(100)104-38)110-64(97)20-9-33(78)46(86)34(79)10-20)107-65(98)22-11-35(80)47(87)50(90)41(22)40-21(24)13-37(49(89)51(40)91)103-53-23(12-36(81)48(88)52(53)92)66(99)111-59-57(109-63(96)19-7-31(76)45(85)32(77)8-19)55(106-61(94)17-3-27(72)43(83)28(73)4-17)39(105-68(59)101)15-102-60(93)16-1-25(70)42(82)26(71)2-16/h1-13,38-39,54-59,67-68,70-92,100-101H,14-15H2. The number of ether oxygens (including phenoxy) is 10. The Morgan fingerprint density at radius 2 is 0.685 bits per heavy atom. The summed E-state index contributed by atoms with van der Waals surface area (Å²) in [5.41, 5.74) is -10.9. The summed E-state index contributed by atoms with van der Waals surface area (Å²) in [4.78, 5) is 115. The zero-order valence-electron chi connectivity index (χ0n) is 54.7. The van der Waals surface area contributed by atoms with Gasteiger partial charge in [0.05, 0.1) is 33.4 Å². The number of hydrogen-bond acceptors (Lipinski definition) is 43. The second-order valence-corrected chi connectivity index (χ2v) is 24.0. The highest BCUT2D eigenvalue weighted by Crippen LogP contribution is 2.57. The molecule has 43 heteroatoms. The average molecular weight is 1560 g/mol. The van der Waals surface area contributed by atoms with E-state index in [1.165, 1.54) is 0 Å². The number of hydrogen-bond donors (Lipinski definition) is 25. The van der Waals surface area contributed by atoms with E-state index in [1.807, 2.05) is 0 Å². The highest BCUT2D eigenvalue weighted by atomic mass is 16.7. The Morgan fingerprint density at radius 3 is 1.14 bits per heavy atom. The molecule has 0 aromatic heterocycles. The average Bonchev–Trinajstić information content (AvgIpc) is 0.738. The maximum absolute atomic E-state index is 15.3. The van der Waals surface area contributed by atoms with E-state index >= 15 is 4.79 Å². The Labute approximate surface area is 611 Å². The van der Waals surface area contributed by atoms with Gasteiger partial charge in [-0.3, -0.25) is 4.79 Å². The van der Waals surface area contributed by atoms with Crippen molar-refractivity contribution in [2.45, 2.75) is 67.8 Å². The summed E-state index contributed by atoms with van der Waals surface area (Å²) < 4.78 is 55.5. The van der Waals surface area contributed by atoms with Gasteiger partial charge in [-0.2, -0.15) is 0 Å². The molecule has 0 saturated carbocycles. The van der Waals surface area contributed by atoms with Gasteiger partial charge in [-0.05, 0) is 72.8 Å². The number of aromatic hydroxyl groups is 23. The number of carbonyl (C=O) groups is 8. The first-order valence-electron chi connectivity index (χ1n) is 30.9. The minimum Gasteiger partial charge on any atom is -0.504 e. The Bertz CT molecular complexity index is 5140. The van der Waals surface area contributed by atoms with Crippen LogP contribution in [-0.2, 0) is 42.6 Å². The lowest BCUT2D eigenvalue weighted by Gasteiger charge is -2.43. The number of ketones is 1. The van der Waals surface area contributed by atoms with Crippen LogP contribution in [0, 0.1) is 0 Å². The number of fused-ring (bicyclic) bond motifs is 4. The predicted octanol–water partition coefficient (Wildman–Crippen LogP) is 2.21. The fourth-order valence-corrected chi connectivity index (χ4v) is 11.4. The zero-order valence-corrected chi connectivity index (χ0v) is 54.7. The molecule has 25 N–H and O–H groups in total. The molecule has 0 aliphatic carbocycles. The van der Waals surface area contributed by atoms with Crippen molar-refractivity contribution < 1.29 is 213 Å². The van der Waals surface area contributed by atoms with E-state index in [0.29, 0.717) is 66.7 Å². The summed E-state index contributed by atoms with van der Waals surface area (Å²) in [5, 5.41) is 267. The third-order valence-corrected chi connectivity index (χ3v) is 16.9. The van der Waals surface area contributed by atoms with Crippen LogP contribution in [-0.4, -0.2) is 243 Å². The molecule has 3 aliphatic heterocycles. The molecular weight excluding hydrogens is 1500 g/mol. The molecule has 11 rings (SSSR count). The van der Waals surface area contributed by atoms with Crippen molar-refractivity contribution in [3.05, 3.63) is 123 Å². The number of esters is 7. The first-order valence-corrected chi connectivity index (χ1v) is 30.9. The van der Waals surface area contributed by atoms with Crippen molar-refractivity contribution in [2.75, 3.05) is 6.61 Å². The summed E-state index contributed by atoms with van der Waals surface area (Å²) in [7, 11) is 0. The van der Waals surface area contributed by atoms with Gasteiger partial charge in [-0.25, -0.2) is 33.6 Å². The smallest absolute Gasteiger partial charge is 0.342 e. The molecule has 0 bridgehead atoms. The third kappa shape index (κ3) is 14.4. The van der Waals surface area contributed by atoms with Crippen LogP contribution in [0.25, 0.3) is 11.1 Å². The molecule has 0 spiro atoms. The van der Waals surface area contributed by atoms with Gasteiger partial charge in [-0.15, -0.1) is 0 Å². The molecule has 582 valence electrons. The number of phenols is 23. The minimum atomic E-state index is -2.89. The fraction of sp³-hybridized carbons (Fsp3) is 0.176. The second kappa shape index (κ2) is 29.2. The molecule has 0 amide bonds. The maximum atomic E-state index is 15.3. The van der Waals surface area contributed by atoms with Gasteiger partial charge in [-0.1, -0.05) is 0 Å². The van der Waals surface area contributed by atoms with Crippen molar-refractivity contribution in [1.82, 2.24) is 0 Å². The quantitative estimate of drug-likeness (QED) is 0.0397. The normalized spacial score (nSPS) is 20.0. The molecule has 111 heavy (non-hydrogen) atoms. The van der Waals surface area contributed by atoms with E-state index < -0.39 is 321 Å². The molecule has 0 radical (unpaired) electrons. The van der Waals surface area contributed by atoms with Gasteiger partial charge in [0.15, 0.2) is 176 Å². The molecule has 10 unspecified atom stereocenters. The zero-order chi connectivity index (χ0) is 81.3. The molecule has 3 aliphatic rings. The topological polar surface area (TPSA) is 735 Å². The van der Waals surface area contributed by atoms with Crippen molar-refractivity contribution >= 4 is 47.6 Å². The van der Waals surface area contributed by atoms with Crippen LogP contribution in [0.3, 0.4) is 0 Å². The van der Waals surface area contributed by atoms with Crippen molar-refractivity contribution in [3.63, 3.8) is 0 Å². The van der Waals surface area contributed by atoms with Gasteiger partial charge in [0.25, 0.3) is 0 Å². The molecule has 43 nitrogen and oxygen atoms in total. The first kappa shape index (κ1) is 76.9. The second-order valence-electron chi connectivity index (χ2n) is 24.0. The van der Waals surface area contributed by atoms with Gasteiger partial charge in [0.2, 0.25) is 23.0 Å². The summed E-state index contributed by atoms with van der Waals surface area (Å²) in [6.07, 6.45) is -27.7. The number of phenolic OH excluding ortho intramolecular Hbond substituents is 23. The fourth-order valence-electron chi connectivity index (χ4n) is 11.4. The van der Waals surface area contributed by atoms with E-state index in [-0.39, 0.29) is 12.1 Å². The minimum absolute atomic E-state index is 0.165. The number of rotatable bonds is 15. The van der Waals surface area contributed by atoms with Crippen LogP contribution in [0.15, 0.2) is 78.9 Å². The first-order chi connectivity index (χ1) is 52.1. The maximum Gasteiger partial charge on any atom is 0.342 e. The molecule has 10 atom stereocenters. The van der Waals surface area contributed by atoms with Crippen LogP contribution in [0.5, 0.6) is 144 Å². The number of benzene rings is 8. The van der Waals surface area contributed by atoms with E-state index in [0.717, 1.165) is 0 Å². The third-order valence-electron chi connectivity index (χ3n) is 16.9. The Kier molecular flexibility index (Phi) is 20.3. The van der Waals surface area contributed by atoms with Crippen LogP contribution in [0.2, 0.25) is 0 Å². The Morgan fingerprint density at radius 1 is 0.342 bits per heavy atom. The Hall–Kier alpha value is -15.2. The lowest BCUT2D eigenvalue weighted by atomic mass is 9.86. The lowest BCUT2D eigenvalue weighted by Crippen LogP contribution is -2.62. The Balaban J connectivity index is 1.01. The number of aliphatic hydroxyl groups is 2. The highest BCUT2D eigenvalue weighted by Gasteiger charge is 2.56. The number of aliphatic hydroxyl groups excluding tert-OH is 2. The van der Waals surface area contributed by atoms with E-state index in [9.17, 15) is 161 Å². The van der Waals surface area contributed by atoms with E-state index in [2.05, 4.69) is 0 Å². The molecule has 8 aromatic carbocycles.